The summed E-state index contributed by atoms with van der Waals surface area (Å²) in [5.41, 5.74) is -1.45. The van der Waals surface area contributed by atoms with Gasteiger partial charge in [0.15, 0.2) is 0 Å². The van der Waals surface area contributed by atoms with Crippen molar-refractivity contribution in [1.29, 1.82) is 0 Å². The van der Waals surface area contributed by atoms with E-state index in [-0.39, 0.29) is 42.0 Å². The monoisotopic (exact) mass is 552 g/mol. The molecule has 0 saturated carbocycles. The van der Waals surface area contributed by atoms with Crippen LogP contribution in [0.15, 0.2) is 39.7 Å². The topological polar surface area (TPSA) is 143 Å². The molecule has 15 heteroatoms. The molecule has 1 aliphatic heterocycles. The fourth-order valence-electron chi connectivity index (χ4n) is 3.30. The van der Waals surface area contributed by atoms with Crippen LogP contribution in [-0.4, -0.2) is 42.5 Å². The number of nitrogens with one attached hydrogen (secondary N) is 1. The number of rotatable bonds is 6. The van der Waals surface area contributed by atoms with E-state index in [0.717, 1.165) is 18.2 Å². The Balaban J connectivity index is 1.90. The van der Waals surface area contributed by atoms with Gasteiger partial charge >= 0.3 is 17.8 Å². The van der Waals surface area contributed by atoms with E-state index in [0.29, 0.717) is 12.1 Å². The van der Waals surface area contributed by atoms with Crippen molar-refractivity contribution >= 4 is 49.2 Å². The highest BCUT2D eigenvalue weighted by molar-refractivity contribution is 9.10. The number of anilines is 2. The van der Waals surface area contributed by atoms with Gasteiger partial charge in [-0.2, -0.15) is 13.2 Å². The molecule has 0 radical (unpaired) electrons. The molecule has 0 spiro atoms. The van der Waals surface area contributed by atoms with Crippen LogP contribution in [0.25, 0.3) is 0 Å². The Morgan fingerprint density at radius 2 is 1.88 bits per heavy atom. The Kier molecular flexibility index (Phi) is 6.83. The Bertz CT molecular complexity index is 1200. The number of nitrogens with zero attached hydrogens (tertiary/aromatic N) is 3. The maximum absolute atomic E-state index is 12.8. The van der Waals surface area contributed by atoms with Crippen molar-refractivity contribution in [3.05, 3.63) is 50.5 Å². The van der Waals surface area contributed by atoms with Crippen molar-refractivity contribution in [1.82, 2.24) is 4.98 Å². The van der Waals surface area contributed by atoms with Crippen LogP contribution in [0.3, 0.4) is 0 Å². The number of hydrogen-bond donors (Lipinski definition) is 2. The lowest BCUT2D eigenvalue weighted by Gasteiger charge is -2.30. The van der Waals surface area contributed by atoms with E-state index in [1.807, 2.05) is 0 Å². The molecule has 10 nitrogen and oxygen atoms in total. The van der Waals surface area contributed by atoms with E-state index < -0.39 is 49.2 Å². The summed E-state index contributed by atoms with van der Waals surface area (Å²) in [4.78, 5) is 26.9. The summed E-state index contributed by atoms with van der Waals surface area (Å²) in [6.07, 6.45) is -4.22. The molecule has 0 atom stereocenters. The summed E-state index contributed by atoms with van der Waals surface area (Å²) in [6, 6.07) is 4.11. The summed E-state index contributed by atoms with van der Waals surface area (Å²) in [5.74, 6) is -2.00. The molecule has 2 N–H and O–H groups in total. The molecule has 0 unspecified atom stereocenters. The number of carbonyl (C=O) groups is 1. The smallest absolute Gasteiger partial charge is 0.416 e. The normalized spacial score (nSPS) is 15.3. The Morgan fingerprint density at radius 1 is 1.24 bits per heavy atom. The van der Waals surface area contributed by atoms with Gasteiger partial charge in [-0.3, -0.25) is 19.6 Å². The third kappa shape index (κ3) is 5.52. The minimum atomic E-state index is -4.67. The second-order valence-electron chi connectivity index (χ2n) is 7.14. The Hall–Kier alpha value is -2.94. The lowest BCUT2D eigenvalue weighted by atomic mass is 9.97. The molecule has 178 valence electrons. The second-order valence-corrected chi connectivity index (χ2v) is 9.65. The molecular formula is C18H16BrF3N4O6S. The fraction of sp³-hybridized carbons (Fsp3) is 0.333. The molecule has 0 bridgehead atoms. The average Bonchev–Trinajstić information content (AvgIpc) is 2.72. The second kappa shape index (κ2) is 9.13. The summed E-state index contributed by atoms with van der Waals surface area (Å²) in [6.45, 7) is 0.316. The minimum absolute atomic E-state index is 0.143. The number of carboxylic acid groups (broad SMARTS) is 1. The highest BCUT2D eigenvalue weighted by Gasteiger charge is 2.33. The van der Waals surface area contributed by atoms with Crippen LogP contribution in [0, 0.1) is 16.0 Å². The number of hydrogen-bond acceptors (Lipinski definition) is 7. The SMILES string of the molecule is O=C(O)C1CCN(c2nc(NS(=O)(=O)c3ccc(C(F)(F)F)cc3Br)ccc2[N+](=O)[O-])CC1. The zero-order valence-electron chi connectivity index (χ0n) is 16.5. The van der Waals surface area contributed by atoms with Gasteiger partial charge in [0.2, 0.25) is 5.82 Å². The number of halogens is 4. The van der Waals surface area contributed by atoms with Crippen LogP contribution >= 0.6 is 15.9 Å². The molecule has 1 aromatic carbocycles. The summed E-state index contributed by atoms with van der Waals surface area (Å²) < 4.78 is 65.8. The lowest BCUT2D eigenvalue weighted by Crippen LogP contribution is -2.37. The predicted octanol–water partition coefficient (Wildman–Crippen LogP) is 3.87. The van der Waals surface area contributed by atoms with Gasteiger partial charge in [-0.25, -0.2) is 13.4 Å². The lowest BCUT2D eigenvalue weighted by molar-refractivity contribution is -0.384. The van der Waals surface area contributed by atoms with Gasteiger partial charge < -0.3 is 10.0 Å². The molecule has 1 saturated heterocycles. The molecule has 0 amide bonds. The molecule has 33 heavy (non-hydrogen) atoms. The van der Waals surface area contributed by atoms with Gasteiger partial charge in [0.05, 0.1) is 16.4 Å². The predicted molar refractivity (Wildman–Crippen MR) is 113 cm³/mol. The molecule has 2 aromatic rings. The summed E-state index contributed by atoms with van der Waals surface area (Å²) >= 11 is 2.83. The van der Waals surface area contributed by atoms with E-state index in [1.54, 1.807) is 0 Å². The largest absolute Gasteiger partial charge is 0.481 e. The fourth-order valence-corrected chi connectivity index (χ4v) is 5.38. The molecular weight excluding hydrogens is 537 g/mol. The molecule has 3 rings (SSSR count). The van der Waals surface area contributed by atoms with E-state index in [1.165, 1.54) is 4.90 Å². The summed E-state index contributed by atoms with van der Waals surface area (Å²) in [5, 5.41) is 20.5. The van der Waals surface area contributed by atoms with Gasteiger partial charge in [-0.05, 0) is 53.0 Å². The molecule has 0 aliphatic carbocycles. The Morgan fingerprint density at radius 3 is 2.39 bits per heavy atom. The number of piperidine rings is 1. The Labute approximate surface area is 193 Å². The highest BCUT2D eigenvalue weighted by Crippen LogP contribution is 2.35. The van der Waals surface area contributed by atoms with E-state index >= 15 is 0 Å². The van der Waals surface area contributed by atoms with E-state index in [4.69, 9.17) is 5.11 Å². The van der Waals surface area contributed by atoms with Crippen molar-refractivity contribution in [2.45, 2.75) is 23.9 Å². The standard InChI is InChI=1S/C18H16BrF3N4O6S/c19-12-9-11(18(20,21)22)1-3-14(12)33(31,32)24-15-4-2-13(26(29)30)16(23-15)25-7-5-10(6-8-25)17(27)28/h1-4,9-10H,5-8H2,(H,23,24)(H,27,28). The number of nitro groups is 1. The first-order valence-corrected chi connectivity index (χ1v) is 11.6. The maximum Gasteiger partial charge on any atom is 0.416 e. The van der Waals surface area contributed by atoms with Gasteiger partial charge in [0.1, 0.15) is 10.7 Å². The summed E-state index contributed by atoms with van der Waals surface area (Å²) in [7, 11) is -4.40. The van der Waals surface area contributed by atoms with E-state index in [2.05, 4.69) is 25.6 Å². The first-order chi connectivity index (χ1) is 15.3. The number of aromatic nitrogens is 1. The number of sulfonamides is 1. The van der Waals surface area contributed by atoms with Crippen molar-refractivity contribution < 1.29 is 36.4 Å². The molecule has 1 fully saturated rings. The number of carboxylic acids is 1. The highest BCUT2D eigenvalue weighted by atomic mass is 79.9. The maximum atomic E-state index is 12.8. The quantitative estimate of drug-likeness (QED) is 0.406. The van der Waals surface area contributed by atoms with Crippen LogP contribution in [0.4, 0.5) is 30.5 Å². The molecule has 1 aliphatic rings. The van der Waals surface area contributed by atoms with Crippen molar-refractivity contribution in [2.24, 2.45) is 5.92 Å². The van der Waals surface area contributed by atoms with Crippen molar-refractivity contribution in [3.63, 3.8) is 0 Å². The average molecular weight is 553 g/mol. The van der Waals surface area contributed by atoms with Gasteiger partial charge in [-0.15, -0.1) is 0 Å². The third-order valence-electron chi connectivity index (χ3n) is 4.98. The zero-order valence-corrected chi connectivity index (χ0v) is 18.9. The molecule has 1 aromatic heterocycles. The number of alkyl halides is 3. The zero-order chi connectivity index (χ0) is 24.6. The molecule has 2 heterocycles. The third-order valence-corrected chi connectivity index (χ3v) is 7.31. The van der Waals surface area contributed by atoms with Crippen molar-refractivity contribution in [3.8, 4) is 0 Å². The van der Waals surface area contributed by atoms with Crippen LogP contribution in [0.1, 0.15) is 18.4 Å². The number of aliphatic carboxylic acids is 1. The number of pyridine rings is 1. The van der Waals surface area contributed by atoms with Gasteiger partial charge in [0.25, 0.3) is 10.0 Å². The van der Waals surface area contributed by atoms with Crippen LogP contribution in [-0.2, 0) is 21.0 Å². The van der Waals surface area contributed by atoms with Gasteiger partial charge in [-0.1, -0.05) is 0 Å². The van der Waals surface area contributed by atoms with Crippen molar-refractivity contribution in [2.75, 3.05) is 22.7 Å². The number of benzene rings is 1. The van der Waals surface area contributed by atoms with Gasteiger partial charge in [0, 0.05) is 23.6 Å². The first-order valence-electron chi connectivity index (χ1n) is 9.32. The van der Waals surface area contributed by atoms with Crippen LogP contribution < -0.4 is 9.62 Å². The van der Waals surface area contributed by atoms with Crippen LogP contribution in [0.2, 0.25) is 0 Å². The van der Waals surface area contributed by atoms with E-state index in [9.17, 15) is 36.5 Å². The first kappa shape index (κ1) is 24.7. The minimum Gasteiger partial charge on any atom is -0.481 e. The van der Waals surface area contributed by atoms with Crippen LogP contribution in [0.5, 0.6) is 0 Å².